The SMILES string of the molecule is NC(=O)CNCC(O)COC1CCCC1. The molecule has 0 aliphatic heterocycles. The number of nitrogens with one attached hydrogen (secondary N) is 1. The Morgan fingerprint density at radius 3 is 2.80 bits per heavy atom. The van der Waals surface area contributed by atoms with Gasteiger partial charge in [0.05, 0.1) is 25.4 Å². The summed E-state index contributed by atoms with van der Waals surface area (Å²) in [7, 11) is 0. The first kappa shape index (κ1) is 12.4. The van der Waals surface area contributed by atoms with Gasteiger partial charge >= 0.3 is 0 Å². The van der Waals surface area contributed by atoms with Crippen LogP contribution in [0.25, 0.3) is 0 Å². The van der Waals surface area contributed by atoms with Gasteiger partial charge in [0.25, 0.3) is 0 Å². The van der Waals surface area contributed by atoms with E-state index >= 15 is 0 Å². The van der Waals surface area contributed by atoms with E-state index < -0.39 is 12.0 Å². The van der Waals surface area contributed by atoms with Crippen molar-refractivity contribution < 1.29 is 14.6 Å². The molecule has 0 heterocycles. The Hall–Kier alpha value is -0.650. The van der Waals surface area contributed by atoms with Crippen molar-refractivity contribution >= 4 is 5.91 Å². The van der Waals surface area contributed by atoms with E-state index in [-0.39, 0.29) is 6.54 Å². The van der Waals surface area contributed by atoms with E-state index in [0.717, 1.165) is 12.8 Å². The topological polar surface area (TPSA) is 84.6 Å². The van der Waals surface area contributed by atoms with Crippen LogP contribution in [-0.4, -0.2) is 42.9 Å². The Labute approximate surface area is 90.0 Å². The molecule has 1 aliphatic carbocycles. The number of aliphatic hydroxyl groups is 1. The summed E-state index contributed by atoms with van der Waals surface area (Å²) in [6.07, 6.45) is 4.39. The van der Waals surface area contributed by atoms with Gasteiger partial charge in [-0.15, -0.1) is 0 Å². The number of carbonyl (C=O) groups is 1. The number of primary amides is 1. The molecule has 1 saturated carbocycles. The van der Waals surface area contributed by atoms with Crippen LogP contribution in [0.1, 0.15) is 25.7 Å². The number of hydrogen-bond acceptors (Lipinski definition) is 4. The summed E-state index contributed by atoms with van der Waals surface area (Å²) in [6.45, 7) is 0.770. The van der Waals surface area contributed by atoms with Crippen molar-refractivity contribution in [2.45, 2.75) is 37.9 Å². The first-order valence-corrected chi connectivity index (χ1v) is 5.47. The van der Waals surface area contributed by atoms with Crippen LogP contribution in [0.4, 0.5) is 0 Å². The van der Waals surface area contributed by atoms with Gasteiger partial charge in [-0.1, -0.05) is 12.8 Å². The normalized spacial score (nSPS) is 19.3. The van der Waals surface area contributed by atoms with Crippen LogP contribution >= 0.6 is 0 Å². The van der Waals surface area contributed by atoms with E-state index in [9.17, 15) is 9.90 Å². The number of carbonyl (C=O) groups excluding carboxylic acids is 1. The third kappa shape index (κ3) is 5.71. The molecule has 0 radical (unpaired) electrons. The Morgan fingerprint density at radius 2 is 2.20 bits per heavy atom. The van der Waals surface area contributed by atoms with Gasteiger partial charge in [-0.25, -0.2) is 0 Å². The second kappa shape index (κ2) is 6.76. The summed E-state index contributed by atoms with van der Waals surface area (Å²) in [5.74, 6) is -0.418. The second-order valence-corrected chi connectivity index (χ2v) is 3.99. The minimum atomic E-state index is -0.565. The van der Waals surface area contributed by atoms with Gasteiger partial charge in [-0.3, -0.25) is 4.79 Å². The Balaban J connectivity index is 1.97. The minimum Gasteiger partial charge on any atom is -0.389 e. The van der Waals surface area contributed by atoms with Crippen LogP contribution < -0.4 is 11.1 Å². The Kier molecular flexibility index (Phi) is 5.60. The molecular weight excluding hydrogens is 196 g/mol. The standard InChI is InChI=1S/C10H20N2O3/c11-10(14)6-12-5-8(13)7-15-9-3-1-2-4-9/h8-9,12-13H,1-7H2,(H2,11,14). The molecule has 1 atom stereocenters. The zero-order chi connectivity index (χ0) is 11.1. The molecule has 0 aromatic rings. The highest BCUT2D eigenvalue weighted by atomic mass is 16.5. The first-order chi connectivity index (χ1) is 7.18. The highest BCUT2D eigenvalue weighted by Crippen LogP contribution is 2.20. The van der Waals surface area contributed by atoms with Crippen LogP contribution in [-0.2, 0) is 9.53 Å². The molecule has 0 spiro atoms. The maximum atomic E-state index is 10.4. The molecule has 1 amide bonds. The molecule has 0 aromatic heterocycles. The number of rotatable bonds is 7. The molecule has 0 saturated heterocycles. The zero-order valence-electron chi connectivity index (χ0n) is 8.95. The van der Waals surface area contributed by atoms with Crippen molar-refractivity contribution in [1.29, 1.82) is 0 Å². The van der Waals surface area contributed by atoms with Crippen molar-refractivity contribution in [1.82, 2.24) is 5.32 Å². The third-order valence-electron chi connectivity index (χ3n) is 2.51. The van der Waals surface area contributed by atoms with E-state index in [1.165, 1.54) is 12.8 Å². The van der Waals surface area contributed by atoms with Crippen LogP contribution in [0.2, 0.25) is 0 Å². The van der Waals surface area contributed by atoms with Crippen LogP contribution in [0.5, 0.6) is 0 Å². The molecule has 0 bridgehead atoms. The lowest BCUT2D eigenvalue weighted by atomic mass is 10.3. The van der Waals surface area contributed by atoms with Crippen molar-refractivity contribution in [3.05, 3.63) is 0 Å². The maximum absolute atomic E-state index is 10.4. The van der Waals surface area contributed by atoms with Gasteiger partial charge in [-0.05, 0) is 12.8 Å². The van der Waals surface area contributed by atoms with E-state index in [1.807, 2.05) is 0 Å². The van der Waals surface area contributed by atoms with Crippen molar-refractivity contribution in [3.63, 3.8) is 0 Å². The van der Waals surface area contributed by atoms with Crippen LogP contribution in [0, 0.1) is 0 Å². The molecule has 88 valence electrons. The average molecular weight is 216 g/mol. The van der Waals surface area contributed by atoms with Gasteiger partial charge in [0, 0.05) is 6.54 Å². The van der Waals surface area contributed by atoms with Crippen molar-refractivity contribution in [2.75, 3.05) is 19.7 Å². The minimum absolute atomic E-state index is 0.0977. The first-order valence-electron chi connectivity index (χ1n) is 5.47. The van der Waals surface area contributed by atoms with Gasteiger partial charge < -0.3 is 20.9 Å². The fraction of sp³-hybridized carbons (Fsp3) is 0.900. The molecule has 0 aromatic carbocycles. The summed E-state index contributed by atoms with van der Waals surface area (Å²) in [6, 6.07) is 0. The third-order valence-corrected chi connectivity index (χ3v) is 2.51. The molecule has 4 N–H and O–H groups in total. The lowest BCUT2D eigenvalue weighted by molar-refractivity contribution is -0.117. The molecule has 1 unspecified atom stereocenters. The van der Waals surface area contributed by atoms with E-state index in [2.05, 4.69) is 5.32 Å². The summed E-state index contributed by atoms with van der Waals surface area (Å²) in [5, 5.41) is 12.2. The van der Waals surface area contributed by atoms with Crippen LogP contribution in [0.3, 0.4) is 0 Å². The molecule has 15 heavy (non-hydrogen) atoms. The Morgan fingerprint density at radius 1 is 1.53 bits per heavy atom. The van der Waals surface area contributed by atoms with Gasteiger partial charge in [0.2, 0.25) is 5.91 Å². The van der Waals surface area contributed by atoms with Crippen molar-refractivity contribution in [3.8, 4) is 0 Å². The highest BCUT2D eigenvalue weighted by molar-refractivity contribution is 5.75. The predicted molar refractivity (Wildman–Crippen MR) is 56.3 cm³/mol. The van der Waals surface area contributed by atoms with Gasteiger partial charge in [-0.2, -0.15) is 0 Å². The summed E-state index contributed by atoms with van der Waals surface area (Å²) >= 11 is 0. The molecular formula is C10H20N2O3. The summed E-state index contributed by atoms with van der Waals surface area (Å²) in [5.41, 5.74) is 4.94. The molecule has 1 aliphatic rings. The fourth-order valence-corrected chi connectivity index (χ4v) is 1.72. The second-order valence-electron chi connectivity index (χ2n) is 3.99. The van der Waals surface area contributed by atoms with Gasteiger partial charge in [0.1, 0.15) is 0 Å². The van der Waals surface area contributed by atoms with E-state index in [0.29, 0.717) is 19.3 Å². The quantitative estimate of drug-likeness (QED) is 0.529. The highest BCUT2D eigenvalue weighted by Gasteiger charge is 2.16. The fourth-order valence-electron chi connectivity index (χ4n) is 1.72. The summed E-state index contributed by atoms with van der Waals surface area (Å²) < 4.78 is 5.52. The van der Waals surface area contributed by atoms with Crippen LogP contribution in [0.15, 0.2) is 0 Å². The number of hydrogen-bond donors (Lipinski definition) is 3. The molecule has 5 nitrogen and oxygen atoms in total. The number of amides is 1. The lowest BCUT2D eigenvalue weighted by Gasteiger charge is -2.15. The molecule has 1 rings (SSSR count). The number of aliphatic hydroxyl groups excluding tert-OH is 1. The molecule has 5 heteroatoms. The lowest BCUT2D eigenvalue weighted by Crippen LogP contribution is -2.36. The number of nitrogens with two attached hydrogens (primary N) is 1. The average Bonchev–Trinajstić information content (AvgIpc) is 2.66. The largest absolute Gasteiger partial charge is 0.389 e. The maximum Gasteiger partial charge on any atom is 0.231 e. The Bertz CT molecular complexity index is 193. The number of ether oxygens (including phenoxy) is 1. The van der Waals surface area contributed by atoms with Crippen molar-refractivity contribution in [2.24, 2.45) is 5.73 Å². The zero-order valence-corrected chi connectivity index (χ0v) is 8.95. The smallest absolute Gasteiger partial charge is 0.231 e. The monoisotopic (exact) mass is 216 g/mol. The molecule has 1 fully saturated rings. The van der Waals surface area contributed by atoms with Gasteiger partial charge in [0.15, 0.2) is 0 Å². The summed E-state index contributed by atoms with van der Waals surface area (Å²) in [4.78, 5) is 10.4. The predicted octanol–water partition coefficient (Wildman–Crippen LogP) is -0.619. The van der Waals surface area contributed by atoms with E-state index in [1.54, 1.807) is 0 Å². The van der Waals surface area contributed by atoms with E-state index in [4.69, 9.17) is 10.5 Å².